The maximum atomic E-state index is 5.85. The molecule has 1 aliphatic heterocycles. The molecule has 0 spiro atoms. The molecular formula is C12H17ClN2. The fraction of sp³-hybridized carbons (Fsp3) is 0.500. The summed E-state index contributed by atoms with van der Waals surface area (Å²) < 4.78 is 0. The van der Waals surface area contributed by atoms with E-state index in [2.05, 4.69) is 29.4 Å². The summed E-state index contributed by atoms with van der Waals surface area (Å²) in [4.78, 5) is 2.41. The third-order valence-electron chi connectivity index (χ3n) is 3.00. The molecule has 1 aromatic carbocycles. The predicted molar refractivity (Wildman–Crippen MR) is 64.2 cm³/mol. The van der Waals surface area contributed by atoms with Crippen molar-refractivity contribution in [3.8, 4) is 0 Å². The predicted octanol–water partition coefficient (Wildman–Crippen LogP) is 2.13. The molecular weight excluding hydrogens is 208 g/mol. The molecule has 2 rings (SSSR count). The number of nitrogens with one attached hydrogen (secondary N) is 1. The van der Waals surface area contributed by atoms with Crippen LogP contribution in [0.25, 0.3) is 0 Å². The van der Waals surface area contributed by atoms with Gasteiger partial charge in [-0.1, -0.05) is 23.7 Å². The molecule has 0 bridgehead atoms. The van der Waals surface area contributed by atoms with Gasteiger partial charge in [-0.05, 0) is 37.7 Å². The van der Waals surface area contributed by atoms with E-state index in [1.807, 2.05) is 12.1 Å². The molecule has 0 aliphatic carbocycles. The van der Waals surface area contributed by atoms with E-state index in [0.717, 1.165) is 24.7 Å². The molecule has 1 aromatic rings. The highest BCUT2D eigenvalue weighted by Crippen LogP contribution is 2.14. The minimum atomic E-state index is 0.681. The van der Waals surface area contributed by atoms with Gasteiger partial charge >= 0.3 is 0 Å². The van der Waals surface area contributed by atoms with Crippen molar-refractivity contribution in [3.05, 3.63) is 34.9 Å². The first kappa shape index (κ1) is 10.9. The molecule has 1 unspecified atom stereocenters. The molecule has 1 aliphatic rings. The Hall–Kier alpha value is -0.570. The van der Waals surface area contributed by atoms with Crippen LogP contribution in [0.15, 0.2) is 24.3 Å². The first-order valence-electron chi connectivity index (χ1n) is 5.41. The lowest BCUT2D eigenvalue weighted by molar-refractivity contribution is 0.249. The average Bonchev–Trinajstić information content (AvgIpc) is 2.74. The van der Waals surface area contributed by atoms with Crippen LogP contribution < -0.4 is 5.32 Å². The molecule has 1 heterocycles. The molecule has 1 saturated heterocycles. The topological polar surface area (TPSA) is 15.3 Å². The van der Waals surface area contributed by atoms with Crippen LogP contribution in [-0.4, -0.2) is 31.1 Å². The van der Waals surface area contributed by atoms with E-state index in [4.69, 9.17) is 11.6 Å². The standard InChI is InChI=1S/C12H17ClN2/c1-15(12-6-7-14-8-12)9-10-2-4-11(13)5-3-10/h2-5,12,14H,6-9H2,1H3. The van der Waals surface area contributed by atoms with Crippen LogP contribution in [0, 0.1) is 0 Å². The van der Waals surface area contributed by atoms with Crippen molar-refractivity contribution in [1.29, 1.82) is 0 Å². The first-order valence-corrected chi connectivity index (χ1v) is 5.79. The third kappa shape index (κ3) is 2.94. The van der Waals surface area contributed by atoms with Crippen molar-refractivity contribution in [2.45, 2.75) is 19.0 Å². The molecule has 3 heteroatoms. The van der Waals surface area contributed by atoms with E-state index in [1.165, 1.54) is 12.0 Å². The van der Waals surface area contributed by atoms with Crippen LogP contribution in [-0.2, 0) is 6.54 Å². The van der Waals surface area contributed by atoms with Gasteiger partial charge < -0.3 is 5.32 Å². The summed E-state index contributed by atoms with van der Waals surface area (Å²) in [6.07, 6.45) is 1.25. The Kier molecular flexibility index (Phi) is 3.62. The van der Waals surface area contributed by atoms with Crippen LogP contribution in [0.4, 0.5) is 0 Å². The van der Waals surface area contributed by atoms with Gasteiger partial charge in [-0.3, -0.25) is 4.90 Å². The fourth-order valence-electron chi connectivity index (χ4n) is 2.02. The zero-order chi connectivity index (χ0) is 10.7. The van der Waals surface area contributed by atoms with Crippen LogP contribution in [0.2, 0.25) is 5.02 Å². The summed E-state index contributed by atoms with van der Waals surface area (Å²) in [5, 5.41) is 4.19. The molecule has 1 atom stereocenters. The van der Waals surface area contributed by atoms with Gasteiger partial charge in [0.05, 0.1) is 0 Å². The lowest BCUT2D eigenvalue weighted by Gasteiger charge is -2.23. The minimum absolute atomic E-state index is 0.681. The maximum absolute atomic E-state index is 5.85. The van der Waals surface area contributed by atoms with Gasteiger partial charge in [0, 0.05) is 24.2 Å². The van der Waals surface area contributed by atoms with Gasteiger partial charge in [0.15, 0.2) is 0 Å². The summed E-state index contributed by atoms with van der Waals surface area (Å²) in [7, 11) is 2.19. The zero-order valence-electron chi connectivity index (χ0n) is 9.04. The normalized spacial score (nSPS) is 21.1. The number of hydrogen-bond acceptors (Lipinski definition) is 2. The second-order valence-corrected chi connectivity index (χ2v) is 4.62. The van der Waals surface area contributed by atoms with Crippen molar-refractivity contribution in [2.75, 3.05) is 20.1 Å². The van der Waals surface area contributed by atoms with E-state index in [9.17, 15) is 0 Å². The number of hydrogen-bond donors (Lipinski definition) is 1. The molecule has 1 N–H and O–H groups in total. The Morgan fingerprint density at radius 2 is 2.13 bits per heavy atom. The van der Waals surface area contributed by atoms with Crippen LogP contribution in [0.1, 0.15) is 12.0 Å². The Morgan fingerprint density at radius 1 is 1.40 bits per heavy atom. The van der Waals surface area contributed by atoms with Crippen molar-refractivity contribution in [2.24, 2.45) is 0 Å². The van der Waals surface area contributed by atoms with E-state index in [-0.39, 0.29) is 0 Å². The molecule has 15 heavy (non-hydrogen) atoms. The average molecular weight is 225 g/mol. The number of rotatable bonds is 3. The van der Waals surface area contributed by atoms with Gasteiger partial charge in [0.2, 0.25) is 0 Å². The summed E-state index contributed by atoms with van der Waals surface area (Å²) in [5.41, 5.74) is 1.33. The van der Waals surface area contributed by atoms with Gasteiger partial charge in [-0.2, -0.15) is 0 Å². The monoisotopic (exact) mass is 224 g/mol. The lowest BCUT2D eigenvalue weighted by Crippen LogP contribution is -2.32. The third-order valence-corrected chi connectivity index (χ3v) is 3.25. The molecule has 82 valence electrons. The van der Waals surface area contributed by atoms with Gasteiger partial charge in [0.1, 0.15) is 0 Å². The second kappa shape index (κ2) is 4.97. The highest BCUT2D eigenvalue weighted by atomic mass is 35.5. The van der Waals surface area contributed by atoms with Gasteiger partial charge in [0.25, 0.3) is 0 Å². The van der Waals surface area contributed by atoms with Crippen LogP contribution >= 0.6 is 11.6 Å². The first-order chi connectivity index (χ1) is 7.25. The lowest BCUT2D eigenvalue weighted by atomic mass is 10.1. The number of likely N-dealkylation sites (N-methyl/N-ethyl adjacent to an activating group) is 1. The summed E-state index contributed by atoms with van der Waals surface area (Å²) in [5.74, 6) is 0. The molecule has 2 nitrogen and oxygen atoms in total. The summed E-state index contributed by atoms with van der Waals surface area (Å²) in [6.45, 7) is 3.27. The highest BCUT2D eigenvalue weighted by molar-refractivity contribution is 6.30. The SMILES string of the molecule is CN(Cc1ccc(Cl)cc1)C1CCNC1. The van der Waals surface area contributed by atoms with Crippen molar-refractivity contribution in [1.82, 2.24) is 10.2 Å². The van der Waals surface area contributed by atoms with Crippen molar-refractivity contribution in [3.63, 3.8) is 0 Å². The molecule has 0 aromatic heterocycles. The molecule has 0 radical (unpaired) electrons. The smallest absolute Gasteiger partial charge is 0.0406 e. The van der Waals surface area contributed by atoms with Crippen LogP contribution in [0.5, 0.6) is 0 Å². The Bertz CT molecular complexity index is 304. The fourth-order valence-corrected chi connectivity index (χ4v) is 2.15. The van der Waals surface area contributed by atoms with E-state index in [0.29, 0.717) is 6.04 Å². The largest absolute Gasteiger partial charge is 0.315 e. The Labute approximate surface area is 96.2 Å². The maximum Gasteiger partial charge on any atom is 0.0406 e. The van der Waals surface area contributed by atoms with E-state index < -0.39 is 0 Å². The number of nitrogens with zero attached hydrogens (tertiary/aromatic N) is 1. The second-order valence-electron chi connectivity index (χ2n) is 4.19. The molecule has 1 fully saturated rings. The minimum Gasteiger partial charge on any atom is -0.315 e. The van der Waals surface area contributed by atoms with Crippen molar-refractivity contribution < 1.29 is 0 Å². The number of benzene rings is 1. The van der Waals surface area contributed by atoms with Gasteiger partial charge in [-0.25, -0.2) is 0 Å². The zero-order valence-corrected chi connectivity index (χ0v) is 9.80. The number of halogens is 1. The van der Waals surface area contributed by atoms with Gasteiger partial charge in [-0.15, -0.1) is 0 Å². The Balaban J connectivity index is 1.92. The summed E-state index contributed by atoms with van der Waals surface area (Å²) in [6, 6.07) is 8.79. The van der Waals surface area contributed by atoms with E-state index >= 15 is 0 Å². The van der Waals surface area contributed by atoms with E-state index in [1.54, 1.807) is 0 Å². The molecule has 0 saturated carbocycles. The Morgan fingerprint density at radius 3 is 2.73 bits per heavy atom. The highest BCUT2D eigenvalue weighted by Gasteiger charge is 2.18. The molecule has 0 amide bonds. The van der Waals surface area contributed by atoms with Crippen LogP contribution in [0.3, 0.4) is 0 Å². The summed E-state index contributed by atoms with van der Waals surface area (Å²) >= 11 is 5.85. The quantitative estimate of drug-likeness (QED) is 0.847. The van der Waals surface area contributed by atoms with Crippen molar-refractivity contribution >= 4 is 11.6 Å².